The highest BCUT2D eigenvalue weighted by atomic mass is 19.2. The van der Waals surface area contributed by atoms with Crippen LogP contribution in [0.4, 0.5) is 13.2 Å². The molecular formula is C21H17F3N4. The summed E-state index contributed by atoms with van der Waals surface area (Å²) in [5.41, 5.74) is 5.41. The van der Waals surface area contributed by atoms with E-state index in [2.05, 4.69) is 21.6 Å². The van der Waals surface area contributed by atoms with Crippen molar-refractivity contribution in [2.75, 3.05) is 6.67 Å². The molecule has 0 atom stereocenters. The van der Waals surface area contributed by atoms with Crippen LogP contribution in [0.2, 0.25) is 0 Å². The molecule has 0 N–H and O–H groups in total. The lowest BCUT2D eigenvalue weighted by Gasteiger charge is -2.06. The maximum absolute atomic E-state index is 13.5. The Morgan fingerprint density at radius 2 is 1.93 bits per heavy atom. The van der Waals surface area contributed by atoms with Gasteiger partial charge in [0.25, 0.3) is 0 Å². The van der Waals surface area contributed by atoms with E-state index in [4.69, 9.17) is 0 Å². The largest absolute Gasteiger partial charge is 0.268 e. The van der Waals surface area contributed by atoms with Gasteiger partial charge >= 0.3 is 0 Å². The molecule has 0 aliphatic carbocycles. The average Bonchev–Trinajstić information content (AvgIpc) is 3.32. The van der Waals surface area contributed by atoms with Crippen LogP contribution in [0.3, 0.4) is 0 Å². The van der Waals surface area contributed by atoms with E-state index in [1.807, 2.05) is 22.9 Å². The number of aryl methyl sites for hydroxylation is 1. The fraction of sp³-hybridized carbons (Fsp3) is 0.190. The third-order valence-corrected chi connectivity index (χ3v) is 4.71. The van der Waals surface area contributed by atoms with Gasteiger partial charge in [-0.2, -0.15) is 5.10 Å². The van der Waals surface area contributed by atoms with E-state index in [9.17, 15) is 13.2 Å². The Morgan fingerprint density at radius 1 is 1.14 bits per heavy atom. The Balaban J connectivity index is 1.79. The number of nitrogens with zero attached hydrogens (tertiary/aromatic N) is 4. The van der Waals surface area contributed by atoms with Gasteiger partial charge in [-0.1, -0.05) is 18.7 Å². The molecule has 7 heteroatoms. The SMILES string of the molecule is C=C(/C=C\C(F)=C(\F)CF)c1nn2c(c1-c1ccc3nccnc3c1)CCC2. The molecule has 4 nitrogen and oxygen atoms in total. The molecule has 0 fully saturated rings. The second-order valence-corrected chi connectivity index (χ2v) is 6.50. The van der Waals surface area contributed by atoms with Crippen molar-refractivity contribution < 1.29 is 13.2 Å². The molecule has 3 aromatic rings. The third kappa shape index (κ3) is 3.24. The number of alkyl halides is 1. The zero-order valence-electron chi connectivity index (χ0n) is 15.0. The smallest absolute Gasteiger partial charge is 0.166 e. The minimum absolute atomic E-state index is 0.415. The minimum atomic E-state index is -1.48. The maximum atomic E-state index is 13.5. The van der Waals surface area contributed by atoms with Gasteiger partial charge in [0.2, 0.25) is 0 Å². The molecule has 1 aromatic carbocycles. The number of hydrogen-bond donors (Lipinski definition) is 0. The predicted molar refractivity (Wildman–Crippen MR) is 102 cm³/mol. The summed E-state index contributed by atoms with van der Waals surface area (Å²) in [6.07, 6.45) is 7.30. The number of benzene rings is 1. The molecule has 0 saturated carbocycles. The van der Waals surface area contributed by atoms with Crippen molar-refractivity contribution in [2.24, 2.45) is 0 Å². The number of rotatable bonds is 5. The number of aromatic nitrogens is 4. The first-order valence-electron chi connectivity index (χ1n) is 8.86. The van der Waals surface area contributed by atoms with Crippen LogP contribution in [0.15, 0.2) is 61.0 Å². The predicted octanol–water partition coefficient (Wildman–Crippen LogP) is 5.13. The molecule has 0 amide bonds. The van der Waals surface area contributed by atoms with E-state index in [1.165, 1.54) is 6.08 Å². The van der Waals surface area contributed by atoms with Crippen LogP contribution in [0.1, 0.15) is 17.8 Å². The van der Waals surface area contributed by atoms with Crippen LogP contribution in [0.5, 0.6) is 0 Å². The summed E-state index contributed by atoms with van der Waals surface area (Å²) in [5, 5.41) is 4.61. The Hall–Kier alpha value is -3.22. The first kappa shape index (κ1) is 18.2. The molecule has 1 aliphatic heterocycles. The monoisotopic (exact) mass is 382 g/mol. The first-order chi connectivity index (χ1) is 13.6. The standard InChI is InChI=1S/C21H17F3N4/c1-13(4-6-15(23)16(24)12-22)21-20(19-3-2-10-28(19)27-21)14-5-7-17-18(11-14)26-9-8-25-17/h4-9,11H,1-3,10,12H2/b6-4-,16-15-. The van der Waals surface area contributed by atoms with E-state index in [1.54, 1.807) is 12.4 Å². The Bertz CT molecular complexity index is 1130. The third-order valence-electron chi connectivity index (χ3n) is 4.71. The highest BCUT2D eigenvalue weighted by molar-refractivity contribution is 5.88. The Labute approximate surface area is 159 Å². The van der Waals surface area contributed by atoms with Gasteiger partial charge in [-0.15, -0.1) is 0 Å². The first-order valence-corrected chi connectivity index (χ1v) is 8.86. The minimum Gasteiger partial charge on any atom is -0.268 e. The highest BCUT2D eigenvalue weighted by Crippen LogP contribution is 2.36. The lowest BCUT2D eigenvalue weighted by Crippen LogP contribution is -1.94. The van der Waals surface area contributed by atoms with Crippen LogP contribution >= 0.6 is 0 Å². The van der Waals surface area contributed by atoms with Crippen molar-refractivity contribution in [3.63, 3.8) is 0 Å². The van der Waals surface area contributed by atoms with Crippen LogP contribution in [0, 0.1) is 0 Å². The molecule has 142 valence electrons. The number of fused-ring (bicyclic) bond motifs is 2. The lowest BCUT2D eigenvalue weighted by atomic mass is 9.97. The van der Waals surface area contributed by atoms with Gasteiger partial charge in [0.15, 0.2) is 11.7 Å². The number of halogens is 3. The summed E-state index contributed by atoms with van der Waals surface area (Å²) in [6.45, 7) is 3.26. The molecule has 3 heterocycles. The second-order valence-electron chi connectivity index (χ2n) is 6.50. The van der Waals surface area contributed by atoms with Crippen molar-refractivity contribution >= 4 is 16.6 Å². The van der Waals surface area contributed by atoms with Crippen LogP contribution in [-0.4, -0.2) is 26.4 Å². The van der Waals surface area contributed by atoms with E-state index >= 15 is 0 Å². The summed E-state index contributed by atoms with van der Waals surface area (Å²) in [7, 11) is 0. The molecule has 1 aliphatic rings. The highest BCUT2D eigenvalue weighted by Gasteiger charge is 2.24. The number of allylic oxidation sites excluding steroid dienone is 5. The van der Waals surface area contributed by atoms with Gasteiger partial charge in [0.1, 0.15) is 6.67 Å². The molecule has 0 radical (unpaired) electrons. The van der Waals surface area contributed by atoms with E-state index in [-0.39, 0.29) is 0 Å². The molecule has 2 aromatic heterocycles. The van der Waals surface area contributed by atoms with Crippen LogP contribution < -0.4 is 0 Å². The summed E-state index contributed by atoms with van der Waals surface area (Å²) in [6, 6.07) is 5.76. The summed E-state index contributed by atoms with van der Waals surface area (Å²) >= 11 is 0. The Morgan fingerprint density at radius 3 is 2.71 bits per heavy atom. The fourth-order valence-corrected chi connectivity index (χ4v) is 3.39. The van der Waals surface area contributed by atoms with Crippen molar-refractivity contribution in [3.8, 4) is 11.1 Å². The zero-order valence-corrected chi connectivity index (χ0v) is 15.0. The van der Waals surface area contributed by atoms with Crippen molar-refractivity contribution in [3.05, 3.63) is 72.4 Å². The van der Waals surface area contributed by atoms with Gasteiger partial charge in [0, 0.05) is 30.2 Å². The quantitative estimate of drug-likeness (QED) is 0.575. The second kappa shape index (κ2) is 7.42. The van der Waals surface area contributed by atoms with Crippen molar-refractivity contribution in [1.82, 2.24) is 19.7 Å². The number of hydrogen-bond acceptors (Lipinski definition) is 3. The van der Waals surface area contributed by atoms with Crippen LogP contribution in [0.25, 0.3) is 27.7 Å². The normalized spacial score (nSPS) is 14.5. The van der Waals surface area contributed by atoms with Gasteiger partial charge in [-0.05, 0) is 42.2 Å². The fourth-order valence-electron chi connectivity index (χ4n) is 3.39. The van der Waals surface area contributed by atoms with E-state index in [0.717, 1.165) is 53.3 Å². The van der Waals surface area contributed by atoms with Crippen molar-refractivity contribution in [1.29, 1.82) is 0 Å². The molecule has 0 spiro atoms. The summed E-state index contributed by atoms with van der Waals surface area (Å²) in [5.74, 6) is -2.69. The molecular weight excluding hydrogens is 365 g/mol. The van der Waals surface area contributed by atoms with Gasteiger partial charge in [0.05, 0.1) is 16.7 Å². The van der Waals surface area contributed by atoms with Gasteiger partial charge in [-0.3, -0.25) is 14.6 Å². The maximum Gasteiger partial charge on any atom is 0.166 e. The lowest BCUT2D eigenvalue weighted by molar-refractivity contribution is 0.434. The molecule has 4 rings (SSSR count). The van der Waals surface area contributed by atoms with Gasteiger partial charge in [-0.25, -0.2) is 13.2 Å². The van der Waals surface area contributed by atoms with E-state index < -0.39 is 18.3 Å². The average molecular weight is 382 g/mol. The molecule has 0 saturated heterocycles. The topological polar surface area (TPSA) is 43.6 Å². The molecule has 0 unspecified atom stereocenters. The summed E-state index contributed by atoms with van der Waals surface area (Å²) < 4.78 is 40.7. The molecule has 28 heavy (non-hydrogen) atoms. The van der Waals surface area contributed by atoms with E-state index in [0.29, 0.717) is 11.3 Å². The van der Waals surface area contributed by atoms with Gasteiger partial charge < -0.3 is 0 Å². The van der Waals surface area contributed by atoms with Crippen LogP contribution in [-0.2, 0) is 13.0 Å². The molecule has 0 bridgehead atoms. The summed E-state index contributed by atoms with van der Waals surface area (Å²) in [4.78, 5) is 8.63. The Kier molecular flexibility index (Phi) is 4.81. The zero-order chi connectivity index (χ0) is 19.7. The van der Waals surface area contributed by atoms with Crippen molar-refractivity contribution in [2.45, 2.75) is 19.4 Å².